The summed E-state index contributed by atoms with van der Waals surface area (Å²) in [5.74, 6) is 0.332. The standard InChI is InChI=1S/C19H18N6O2/c1-12-18(13(2)27-24-12)19(26)21-9-5-15-11-17-22-16(6-10-25(17)23-15)14-3-7-20-8-4-14/h3-4,6-8,10-11H,5,9H2,1-2H3,(H,21,26). The molecule has 0 atom stereocenters. The minimum atomic E-state index is -0.187. The van der Waals surface area contributed by atoms with E-state index in [1.807, 2.05) is 30.5 Å². The van der Waals surface area contributed by atoms with Crippen LogP contribution in [0.1, 0.15) is 27.5 Å². The Bertz CT molecular complexity index is 1080. The highest BCUT2D eigenvalue weighted by atomic mass is 16.5. The van der Waals surface area contributed by atoms with E-state index in [1.165, 1.54) is 0 Å². The third-order valence-electron chi connectivity index (χ3n) is 4.28. The molecule has 0 saturated heterocycles. The van der Waals surface area contributed by atoms with Gasteiger partial charge in [-0.05, 0) is 32.0 Å². The summed E-state index contributed by atoms with van der Waals surface area (Å²) in [6, 6.07) is 7.67. The van der Waals surface area contributed by atoms with E-state index >= 15 is 0 Å². The molecule has 8 heteroatoms. The molecule has 4 aromatic heterocycles. The Balaban J connectivity index is 1.44. The molecule has 0 fully saturated rings. The van der Waals surface area contributed by atoms with Gasteiger partial charge in [0.1, 0.15) is 11.3 Å². The summed E-state index contributed by atoms with van der Waals surface area (Å²) < 4.78 is 6.76. The van der Waals surface area contributed by atoms with Crippen LogP contribution in [0.25, 0.3) is 16.9 Å². The summed E-state index contributed by atoms with van der Waals surface area (Å²) in [5, 5.41) is 11.2. The molecule has 4 heterocycles. The van der Waals surface area contributed by atoms with Crippen molar-refractivity contribution in [2.45, 2.75) is 20.3 Å². The molecule has 0 spiro atoms. The van der Waals surface area contributed by atoms with Gasteiger partial charge in [0.2, 0.25) is 0 Å². The highest BCUT2D eigenvalue weighted by Crippen LogP contribution is 2.17. The van der Waals surface area contributed by atoms with Crippen molar-refractivity contribution in [3.63, 3.8) is 0 Å². The zero-order valence-electron chi connectivity index (χ0n) is 15.0. The lowest BCUT2D eigenvalue weighted by Gasteiger charge is -2.02. The van der Waals surface area contributed by atoms with Crippen molar-refractivity contribution in [1.29, 1.82) is 0 Å². The van der Waals surface area contributed by atoms with Gasteiger partial charge in [-0.2, -0.15) is 5.10 Å². The zero-order valence-corrected chi connectivity index (χ0v) is 15.0. The summed E-state index contributed by atoms with van der Waals surface area (Å²) in [4.78, 5) is 20.9. The molecular formula is C19H18N6O2. The molecule has 0 aliphatic rings. The van der Waals surface area contributed by atoms with E-state index in [4.69, 9.17) is 4.52 Å². The van der Waals surface area contributed by atoms with Crippen LogP contribution in [0.5, 0.6) is 0 Å². The Labute approximate surface area is 155 Å². The van der Waals surface area contributed by atoms with Crippen molar-refractivity contribution in [2.24, 2.45) is 0 Å². The van der Waals surface area contributed by atoms with E-state index in [9.17, 15) is 4.79 Å². The van der Waals surface area contributed by atoms with Crippen LogP contribution in [0.15, 0.2) is 47.4 Å². The fourth-order valence-corrected chi connectivity index (χ4v) is 2.93. The maximum absolute atomic E-state index is 12.3. The predicted octanol–water partition coefficient (Wildman–Crippen LogP) is 2.37. The molecule has 0 aromatic carbocycles. The first kappa shape index (κ1) is 16.9. The number of rotatable bonds is 5. The quantitative estimate of drug-likeness (QED) is 0.585. The SMILES string of the molecule is Cc1noc(C)c1C(=O)NCCc1cc2nc(-c3ccncc3)ccn2n1. The molecule has 0 aliphatic carbocycles. The topological polar surface area (TPSA) is 98.2 Å². The molecule has 1 N–H and O–H groups in total. The molecular weight excluding hydrogens is 344 g/mol. The minimum Gasteiger partial charge on any atom is -0.361 e. The number of carbonyl (C=O) groups is 1. The average Bonchev–Trinajstić information content (AvgIpc) is 3.24. The molecule has 27 heavy (non-hydrogen) atoms. The monoisotopic (exact) mass is 362 g/mol. The van der Waals surface area contributed by atoms with Gasteiger partial charge >= 0.3 is 0 Å². The number of nitrogens with zero attached hydrogens (tertiary/aromatic N) is 5. The lowest BCUT2D eigenvalue weighted by atomic mass is 10.2. The van der Waals surface area contributed by atoms with Crippen molar-refractivity contribution >= 4 is 11.6 Å². The molecule has 4 rings (SSSR count). The first-order valence-corrected chi connectivity index (χ1v) is 8.58. The Morgan fingerprint density at radius 3 is 2.78 bits per heavy atom. The van der Waals surface area contributed by atoms with Crippen molar-refractivity contribution in [3.8, 4) is 11.3 Å². The third kappa shape index (κ3) is 3.41. The minimum absolute atomic E-state index is 0.187. The molecule has 0 unspecified atom stereocenters. The van der Waals surface area contributed by atoms with Crippen molar-refractivity contribution in [3.05, 3.63) is 65.6 Å². The highest BCUT2D eigenvalue weighted by Gasteiger charge is 2.17. The Morgan fingerprint density at radius 2 is 2.04 bits per heavy atom. The average molecular weight is 362 g/mol. The fourth-order valence-electron chi connectivity index (χ4n) is 2.93. The first-order valence-electron chi connectivity index (χ1n) is 8.58. The number of hydrogen-bond donors (Lipinski definition) is 1. The van der Waals surface area contributed by atoms with Crippen LogP contribution in [0.3, 0.4) is 0 Å². The number of nitrogens with one attached hydrogen (secondary N) is 1. The third-order valence-corrected chi connectivity index (χ3v) is 4.28. The molecule has 0 aliphatic heterocycles. The van der Waals surface area contributed by atoms with Crippen molar-refractivity contribution < 1.29 is 9.32 Å². The summed E-state index contributed by atoms with van der Waals surface area (Å²) in [7, 11) is 0. The van der Waals surface area contributed by atoms with Crippen molar-refractivity contribution in [2.75, 3.05) is 6.54 Å². The number of pyridine rings is 1. The second-order valence-electron chi connectivity index (χ2n) is 6.19. The molecule has 0 radical (unpaired) electrons. The predicted molar refractivity (Wildman–Crippen MR) is 98.2 cm³/mol. The summed E-state index contributed by atoms with van der Waals surface area (Å²) >= 11 is 0. The van der Waals surface area contributed by atoms with Gasteiger partial charge in [0.25, 0.3) is 5.91 Å². The lowest BCUT2D eigenvalue weighted by Crippen LogP contribution is -2.26. The number of fused-ring (bicyclic) bond motifs is 1. The Hall–Kier alpha value is -3.55. The van der Waals surface area contributed by atoms with Gasteiger partial charge < -0.3 is 9.84 Å². The number of amides is 1. The van der Waals surface area contributed by atoms with E-state index < -0.39 is 0 Å². The van der Waals surface area contributed by atoms with E-state index in [0.717, 1.165) is 22.6 Å². The summed E-state index contributed by atoms with van der Waals surface area (Å²) in [5.41, 5.74) is 4.56. The van der Waals surface area contributed by atoms with E-state index in [2.05, 4.69) is 25.5 Å². The smallest absolute Gasteiger partial charge is 0.256 e. The number of carbonyl (C=O) groups excluding carboxylic acids is 1. The Kier molecular flexibility index (Phi) is 4.37. The van der Waals surface area contributed by atoms with Crippen molar-refractivity contribution in [1.82, 2.24) is 30.1 Å². The largest absolute Gasteiger partial charge is 0.361 e. The van der Waals surface area contributed by atoms with Crippen LogP contribution < -0.4 is 5.32 Å². The van der Waals surface area contributed by atoms with Gasteiger partial charge in [-0.15, -0.1) is 0 Å². The van der Waals surface area contributed by atoms with Crippen LogP contribution in [0, 0.1) is 13.8 Å². The summed E-state index contributed by atoms with van der Waals surface area (Å²) in [6.07, 6.45) is 5.96. The van der Waals surface area contributed by atoms with Crippen LogP contribution in [-0.4, -0.2) is 37.2 Å². The molecule has 0 bridgehead atoms. The van der Waals surface area contributed by atoms with Gasteiger partial charge in [-0.3, -0.25) is 9.78 Å². The first-order chi connectivity index (χ1) is 13.1. The van der Waals surface area contributed by atoms with Gasteiger partial charge in [0, 0.05) is 43.2 Å². The summed E-state index contributed by atoms with van der Waals surface area (Å²) in [6.45, 7) is 3.94. The van der Waals surface area contributed by atoms with E-state index in [1.54, 1.807) is 30.8 Å². The van der Waals surface area contributed by atoms with E-state index in [0.29, 0.717) is 30.0 Å². The normalized spacial score (nSPS) is 11.0. The van der Waals surface area contributed by atoms with E-state index in [-0.39, 0.29) is 5.91 Å². The van der Waals surface area contributed by atoms with Gasteiger partial charge in [0.15, 0.2) is 5.65 Å². The van der Waals surface area contributed by atoms with Crippen LogP contribution in [0.2, 0.25) is 0 Å². The molecule has 8 nitrogen and oxygen atoms in total. The maximum Gasteiger partial charge on any atom is 0.256 e. The molecule has 136 valence electrons. The van der Waals surface area contributed by atoms with Crippen LogP contribution in [-0.2, 0) is 6.42 Å². The van der Waals surface area contributed by atoms with Crippen LogP contribution in [0.4, 0.5) is 0 Å². The Morgan fingerprint density at radius 1 is 1.22 bits per heavy atom. The second kappa shape index (κ2) is 6.99. The maximum atomic E-state index is 12.3. The second-order valence-corrected chi connectivity index (χ2v) is 6.19. The highest BCUT2D eigenvalue weighted by molar-refractivity contribution is 5.96. The van der Waals surface area contributed by atoms with Gasteiger partial charge in [-0.25, -0.2) is 9.50 Å². The van der Waals surface area contributed by atoms with Crippen LogP contribution >= 0.6 is 0 Å². The number of aromatic nitrogens is 5. The molecule has 1 amide bonds. The molecule has 4 aromatic rings. The fraction of sp³-hybridized carbons (Fsp3) is 0.211. The number of aryl methyl sites for hydroxylation is 2. The number of hydrogen-bond acceptors (Lipinski definition) is 6. The molecule has 0 saturated carbocycles. The lowest BCUT2D eigenvalue weighted by molar-refractivity contribution is 0.0952. The van der Waals surface area contributed by atoms with Gasteiger partial charge in [-0.1, -0.05) is 5.16 Å². The zero-order chi connectivity index (χ0) is 18.8. The van der Waals surface area contributed by atoms with Gasteiger partial charge in [0.05, 0.1) is 17.1 Å².